The first kappa shape index (κ1) is 50.3. The Kier molecular flexibility index (Phi) is 18.5. The molecule has 5 heteroatoms. The molecule has 0 spiro atoms. The van der Waals surface area contributed by atoms with E-state index in [0.29, 0.717) is 23.9 Å². The number of hydrogen-bond acceptors (Lipinski definition) is 5. The van der Waals surface area contributed by atoms with Crippen LogP contribution >= 0.6 is 0 Å². The van der Waals surface area contributed by atoms with Gasteiger partial charge in [0.2, 0.25) is 0 Å². The summed E-state index contributed by atoms with van der Waals surface area (Å²) in [4.78, 5) is 0. The SMILES string of the molecule is CC#CC#CC#CC1CCC(COC2CCC(c3ccc(Cc4cc(N)cc(N)c4)cc3)CC2)CC1.Nc1cc(N)cc(Cc2ccc(C3CCC(C4CCC(Cc5ccccc5)CC4)CC3)cc2)c1.[HH].[HH].[HH].[HH].[HH]. The molecular weight excluding hydrogens is 853 g/mol. The predicted octanol–water partition coefficient (Wildman–Crippen LogP) is 15.3. The molecule has 0 bridgehead atoms. The molecule has 0 saturated heterocycles. The highest BCUT2D eigenvalue weighted by Gasteiger charge is 2.31. The van der Waals surface area contributed by atoms with Gasteiger partial charge in [-0.2, -0.15) is 0 Å². The standard InChI is InChI=1S/C33H38N2O.C32H40N2.5H2/c1-2-3-4-5-6-7-25-8-10-27(11-9-25)24-36-33-18-16-30(17-19-33)29-14-12-26(13-15-29)20-28-21-31(34)23-32(35)22-28;33-31-20-26(21-32(34)22-31)19-25-8-12-28(13-9-25)30-16-14-29(15-17-30)27-10-6-24(7-11-27)18-23-4-2-1-3-5-23;;;;;/h12-15,21-23,25,27,30,33H,8-11,16-20,24,34-35H2,1H3;1-5,8-9,12-13,20-22,24,27,29-30H,6-7,10-11,14-19,33-34H2;5*1H. The van der Waals surface area contributed by atoms with Gasteiger partial charge >= 0.3 is 0 Å². The Bertz CT molecular complexity index is 2570. The normalized spacial score (nSPS) is 24.2. The van der Waals surface area contributed by atoms with Crippen LogP contribution in [0.4, 0.5) is 22.7 Å². The molecule has 4 aliphatic rings. The third-order valence-electron chi connectivity index (χ3n) is 16.2. The molecule has 0 atom stereocenters. The van der Waals surface area contributed by atoms with Crippen molar-refractivity contribution in [2.45, 2.75) is 147 Å². The van der Waals surface area contributed by atoms with Crippen molar-refractivity contribution in [2.75, 3.05) is 29.5 Å². The summed E-state index contributed by atoms with van der Waals surface area (Å²) in [6.45, 7) is 2.70. The Morgan fingerprint density at radius 3 is 1.40 bits per heavy atom. The predicted molar refractivity (Wildman–Crippen MR) is 305 cm³/mol. The van der Waals surface area contributed by atoms with E-state index in [0.717, 1.165) is 97.1 Å². The van der Waals surface area contributed by atoms with E-state index in [1.54, 1.807) is 13.0 Å². The van der Waals surface area contributed by atoms with Crippen LogP contribution in [-0.4, -0.2) is 12.7 Å². The zero-order chi connectivity index (χ0) is 48.5. The van der Waals surface area contributed by atoms with Gasteiger partial charge in [-0.15, -0.1) is 0 Å². The van der Waals surface area contributed by atoms with Crippen LogP contribution in [0.2, 0.25) is 0 Å². The molecule has 0 amide bonds. The van der Waals surface area contributed by atoms with Crippen molar-refractivity contribution < 1.29 is 11.9 Å². The Morgan fingerprint density at radius 1 is 0.443 bits per heavy atom. The average Bonchev–Trinajstić information content (AvgIpc) is 3.37. The Balaban J connectivity index is 0.000000371. The van der Waals surface area contributed by atoms with Gasteiger partial charge in [-0.3, -0.25) is 0 Å². The van der Waals surface area contributed by atoms with Crippen LogP contribution in [0.25, 0.3) is 0 Å². The molecular formula is C65H88N4O. The van der Waals surface area contributed by atoms with E-state index in [1.807, 2.05) is 30.3 Å². The summed E-state index contributed by atoms with van der Waals surface area (Å²) in [5.41, 5.74) is 36.2. The van der Waals surface area contributed by atoms with Crippen LogP contribution in [0.3, 0.4) is 0 Å². The van der Waals surface area contributed by atoms with Crippen LogP contribution in [0.1, 0.15) is 168 Å². The Hall–Kier alpha value is -6.06. The van der Waals surface area contributed by atoms with E-state index in [1.165, 1.54) is 117 Å². The van der Waals surface area contributed by atoms with Gasteiger partial charge in [0.15, 0.2) is 0 Å². The summed E-state index contributed by atoms with van der Waals surface area (Å²) in [6, 6.07) is 41.2. The van der Waals surface area contributed by atoms with Crippen molar-refractivity contribution in [3.8, 4) is 35.5 Å². The molecule has 5 nitrogen and oxygen atoms in total. The van der Waals surface area contributed by atoms with E-state index >= 15 is 0 Å². The summed E-state index contributed by atoms with van der Waals surface area (Å²) in [6.07, 6.45) is 24.3. The second-order valence-electron chi connectivity index (χ2n) is 21.4. The summed E-state index contributed by atoms with van der Waals surface area (Å²) in [7, 11) is 0. The van der Waals surface area contributed by atoms with E-state index in [9.17, 15) is 0 Å². The molecule has 0 unspecified atom stereocenters. The fraction of sp³-hybridized carbons (Fsp3) is 0.446. The second kappa shape index (κ2) is 25.7. The molecule has 9 rings (SSSR count). The highest BCUT2D eigenvalue weighted by atomic mass is 16.5. The summed E-state index contributed by atoms with van der Waals surface area (Å²) in [5, 5.41) is 0. The fourth-order valence-corrected chi connectivity index (χ4v) is 12.3. The van der Waals surface area contributed by atoms with Gasteiger partial charge in [0.25, 0.3) is 0 Å². The quantitative estimate of drug-likeness (QED) is 0.0735. The molecule has 4 fully saturated rings. The van der Waals surface area contributed by atoms with Gasteiger partial charge in [-0.25, -0.2) is 0 Å². The van der Waals surface area contributed by atoms with Gasteiger partial charge in [-0.1, -0.05) is 90.7 Å². The number of ether oxygens (including phenoxy) is 1. The highest BCUT2D eigenvalue weighted by Crippen LogP contribution is 2.44. The largest absolute Gasteiger partial charge is 0.399 e. The molecule has 374 valence electrons. The van der Waals surface area contributed by atoms with E-state index < -0.39 is 0 Å². The topological polar surface area (TPSA) is 113 Å². The zero-order valence-corrected chi connectivity index (χ0v) is 41.9. The molecule has 4 aliphatic carbocycles. The van der Waals surface area contributed by atoms with Crippen LogP contribution < -0.4 is 22.9 Å². The van der Waals surface area contributed by atoms with Gasteiger partial charge in [0, 0.05) is 42.4 Å². The van der Waals surface area contributed by atoms with Crippen molar-refractivity contribution in [3.05, 3.63) is 154 Å². The fourth-order valence-electron chi connectivity index (χ4n) is 12.3. The van der Waals surface area contributed by atoms with Crippen LogP contribution in [-0.2, 0) is 24.0 Å². The first-order chi connectivity index (χ1) is 34.2. The van der Waals surface area contributed by atoms with Crippen LogP contribution in [0.15, 0.2) is 115 Å². The third kappa shape index (κ3) is 15.5. The van der Waals surface area contributed by atoms with Crippen molar-refractivity contribution in [1.82, 2.24) is 0 Å². The number of anilines is 4. The Morgan fingerprint density at radius 2 is 0.900 bits per heavy atom. The molecule has 8 N–H and O–H groups in total. The van der Waals surface area contributed by atoms with Gasteiger partial charge in [0.05, 0.1) is 6.10 Å². The second-order valence-corrected chi connectivity index (χ2v) is 21.4. The van der Waals surface area contributed by atoms with Gasteiger partial charge in [-0.05, 0) is 263 Å². The minimum Gasteiger partial charge on any atom is -0.399 e. The molecule has 5 aromatic rings. The zero-order valence-electron chi connectivity index (χ0n) is 41.9. The maximum atomic E-state index is 6.38. The van der Waals surface area contributed by atoms with E-state index in [4.69, 9.17) is 27.7 Å². The smallest absolute Gasteiger partial charge is 0.0575 e. The minimum absolute atomic E-state index is 0. The maximum Gasteiger partial charge on any atom is 0.0575 e. The molecule has 4 saturated carbocycles. The van der Waals surface area contributed by atoms with E-state index in [2.05, 4.69) is 114 Å². The van der Waals surface area contributed by atoms with E-state index in [-0.39, 0.29) is 7.13 Å². The van der Waals surface area contributed by atoms with Crippen molar-refractivity contribution in [2.24, 2.45) is 29.6 Å². The molecule has 0 aromatic heterocycles. The monoisotopic (exact) mass is 941 g/mol. The maximum absolute atomic E-state index is 6.38. The number of benzene rings is 5. The van der Waals surface area contributed by atoms with Gasteiger partial charge in [0.1, 0.15) is 0 Å². The summed E-state index contributed by atoms with van der Waals surface area (Å²) >= 11 is 0. The number of rotatable bonds is 12. The molecule has 0 heterocycles. The van der Waals surface area contributed by atoms with Crippen LogP contribution in [0.5, 0.6) is 0 Å². The minimum atomic E-state index is 0. The lowest BCUT2D eigenvalue weighted by Gasteiger charge is -2.38. The highest BCUT2D eigenvalue weighted by molar-refractivity contribution is 5.56. The summed E-state index contributed by atoms with van der Waals surface area (Å²) < 4.78 is 6.38. The van der Waals surface area contributed by atoms with Crippen molar-refractivity contribution >= 4 is 22.7 Å². The lowest BCUT2D eigenvalue weighted by Crippen LogP contribution is -2.26. The summed E-state index contributed by atoms with van der Waals surface area (Å²) in [5.74, 6) is 22.7. The van der Waals surface area contributed by atoms with Crippen LogP contribution in [0, 0.1) is 65.1 Å². The number of hydrogen-bond donors (Lipinski definition) is 4. The van der Waals surface area contributed by atoms with Crippen molar-refractivity contribution in [1.29, 1.82) is 0 Å². The first-order valence-electron chi connectivity index (χ1n) is 26.8. The van der Waals surface area contributed by atoms with Crippen molar-refractivity contribution in [3.63, 3.8) is 0 Å². The molecule has 5 aromatic carbocycles. The lowest BCUT2D eigenvalue weighted by molar-refractivity contribution is -0.00317. The lowest BCUT2D eigenvalue weighted by atomic mass is 9.68. The average molecular weight is 941 g/mol. The molecule has 0 radical (unpaired) electrons. The molecule has 0 aliphatic heterocycles. The number of nitrogens with two attached hydrogens (primary N) is 4. The number of nitrogen functional groups attached to an aromatic ring is 4. The first-order valence-corrected chi connectivity index (χ1v) is 26.8. The van der Waals surface area contributed by atoms with Gasteiger partial charge < -0.3 is 27.7 Å². The Labute approximate surface area is 428 Å². The third-order valence-corrected chi connectivity index (χ3v) is 16.2. The molecule has 70 heavy (non-hydrogen) atoms.